The third-order valence-electron chi connectivity index (χ3n) is 10.2. The van der Waals surface area contributed by atoms with Gasteiger partial charge in [0.1, 0.15) is 17.5 Å². The second-order valence-corrected chi connectivity index (χ2v) is 19.5. The van der Waals surface area contributed by atoms with E-state index in [0.717, 1.165) is 12.8 Å². The van der Waals surface area contributed by atoms with E-state index in [4.69, 9.17) is 28.1 Å². The van der Waals surface area contributed by atoms with Crippen LogP contribution in [0.2, 0.25) is 16.6 Å². The maximum absolute atomic E-state index is 13.6. The number of carbonyl (C=O) groups excluding carboxylic acids is 2. The number of benzene rings is 1. The number of ether oxygens (including phenoxy) is 5. The van der Waals surface area contributed by atoms with Crippen molar-refractivity contribution in [2.45, 2.75) is 152 Å². The van der Waals surface area contributed by atoms with E-state index in [-0.39, 0.29) is 60.0 Å². The highest BCUT2D eigenvalue weighted by molar-refractivity contribution is 6.77. The van der Waals surface area contributed by atoms with Crippen molar-refractivity contribution in [1.29, 1.82) is 5.26 Å². The van der Waals surface area contributed by atoms with E-state index in [1.165, 1.54) is 0 Å². The van der Waals surface area contributed by atoms with E-state index in [1.807, 2.05) is 13.0 Å². The maximum Gasteiger partial charge on any atom is 0.338 e. The lowest BCUT2D eigenvalue weighted by atomic mass is 9.80. The van der Waals surface area contributed by atoms with Crippen LogP contribution in [0.15, 0.2) is 30.3 Å². The molecule has 0 aromatic heterocycles. The molecule has 3 aliphatic rings. The summed E-state index contributed by atoms with van der Waals surface area (Å²) in [5.41, 5.74) is 0.0163. The van der Waals surface area contributed by atoms with Gasteiger partial charge in [-0.15, -0.1) is 0 Å². The summed E-state index contributed by atoms with van der Waals surface area (Å²) in [5.74, 6) is -0.440. The fourth-order valence-corrected chi connectivity index (χ4v) is 13.7. The van der Waals surface area contributed by atoms with Crippen molar-refractivity contribution in [2.75, 3.05) is 13.7 Å². The number of carbonyl (C=O) groups is 2. The van der Waals surface area contributed by atoms with Gasteiger partial charge in [-0.2, -0.15) is 5.26 Å². The van der Waals surface area contributed by atoms with Gasteiger partial charge in [0, 0.05) is 26.4 Å². The Morgan fingerprint density at radius 1 is 0.978 bits per heavy atom. The first-order valence-electron chi connectivity index (χ1n) is 16.7. The Labute approximate surface area is 270 Å². The fraction of sp³-hybridized carbons (Fsp3) is 0.743. The first-order valence-corrected chi connectivity index (χ1v) is 18.8. The monoisotopic (exact) mass is 643 g/mol. The Kier molecular flexibility index (Phi) is 12.0. The van der Waals surface area contributed by atoms with Crippen LogP contribution >= 0.6 is 0 Å². The molecule has 3 fully saturated rings. The topological polar surface area (TPSA) is 113 Å². The minimum absolute atomic E-state index is 0.0384. The molecule has 0 radical (unpaired) electrons. The molecule has 0 spiro atoms. The molecule has 9 nitrogen and oxygen atoms in total. The molecule has 10 heteroatoms. The van der Waals surface area contributed by atoms with E-state index in [2.05, 4.69) is 47.6 Å². The molecule has 250 valence electrons. The number of nitrogens with zero attached hydrogens (tertiary/aromatic N) is 1. The number of nitriles is 1. The summed E-state index contributed by atoms with van der Waals surface area (Å²) in [6.45, 7) is 15.5. The van der Waals surface area contributed by atoms with Crippen LogP contribution in [-0.2, 0) is 32.9 Å². The molecule has 4 rings (SSSR count). The highest BCUT2D eigenvalue weighted by atomic mass is 28.4. The van der Waals surface area contributed by atoms with Gasteiger partial charge in [0.15, 0.2) is 0 Å². The molecule has 0 N–H and O–H groups in total. The zero-order chi connectivity index (χ0) is 32.9. The Bertz CT molecular complexity index is 1160. The minimum Gasteiger partial charge on any atom is -0.455 e. The predicted octanol–water partition coefficient (Wildman–Crippen LogP) is 6.54. The maximum atomic E-state index is 13.6. The van der Waals surface area contributed by atoms with Gasteiger partial charge in [0.2, 0.25) is 8.32 Å². The molecule has 0 unspecified atom stereocenters. The lowest BCUT2D eigenvalue weighted by Gasteiger charge is -2.54. The Morgan fingerprint density at radius 2 is 1.62 bits per heavy atom. The summed E-state index contributed by atoms with van der Waals surface area (Å²) in [4.78, 5) is 27.0. The first kappa shape index (κ1) is 35.7. The van der Waals surface area contributed by atoms with Gasteiger partial charge in [-0.25, -0.2) is 4.79 Å². The molecule has 3 aliphatic heterocycles. The van der Waals surface area contributed by atoms with Gasteiger partial charge in [-0.05, 0) is 48.5 Å². The third-order valence-corrected chi connectivity index (χ3v) is 16.4. The molecule has 0 aliphatic carbocycles. The number of ketones is 1. The van der Waals surface area contributed by atoms with Crippen LogP contribution in [0.1, 0.15) is 97.3 Å². The van der Waals surface area contributed by atoms with Gasteiger partial charge in [0.25, 0.3) is 0 Å². The SMILES string of the molecule is COC[C@@H]1CC[C@H]2O[C@H]3C[C@@H](OC(=O)c4ccccc4)[C@](C)([C@@H](CC#N)O[Si](C(C)C)(C(C)C)C(C)C)O[C@@H]3CC(=O)C[C@@H]2O1. The molecule has 45 heavy (non-hydrogen) atoms. The quantitative estimate of drug-likeness (QED) is 0.196. The van der Waals surface area contributed by atoms with Crippen LogP contribution in [-0.4, -0.2) is 82.1 Å². The van der Waals surface area contributed by atoms with Crippen LogP contribution in [0.25, 0.3) is 0 Å². The summed E-state index contributed by atoms with van der Waals surface area (Å²) in [6.07, 6.45) is -1.06. The van der Waals surface area contributed by atoms with E-state index in [9.17, 15) is 14.9 Å². The van der Waals surface area contributed by atoms with E-state index in [0.29, 0.717) is 18.6 Å². The van der Waals surface area contributed by atoms with Gasteiger partial charge >= 0.3 is 5.97 Å². The van der Waals surface area contributed by atoms with Gasteiger partial charge in [-0.3, -0.25) is 4.79 Å². The number of hydrogen-bond acceptors (Lipinski definition) is 9. The normalized spacial score (nSPS) is 31.5. The van der Waals surface area contributed by atoms with E-state index in [1.54, 1.807) is 31.4 Å². The van der Waals surface area contributed by atoms with Crippen molar-refractivity contribution >= 4 is 20.1 Å². The van der Waals surface area contributed by atoms with Crippen LogP contribution in [0.5, 0.6) is 0 Å². The molecular weight excluding hydrogens is 590 g/mol. The lowest BCUT2D eigenvalue weighted by Crippen LogP contribution is -2.66. The summed E-state index contributed by atoms with van der Waals surface area (Å²) >= 11 is 0. The molecule has 3 saturated heterocycles. The Balaban J connectivity index is 1.71. The summed E-state index contributed by atoms with van der Waals surface area (Å²) in [5, 5.41) is 10.1. The average Bonchev–Trinajstić information content (AvgIpc) is 2.97. The second kappa shape index (κ2) is 15.2. The Morgan fingerprint density at radius 3 is 2.22 bits per heavy atom. The molecular formula is C35H53NO8Si. The van der Waals surface area contributed by atoms with Crippen molar-refractivity contribution in [2.24, 2.45) is 0 Å². The molecule has 0 amide bonds. The molecule has 1 aromatic rings. The molecule has 1 aromatic carbocycles. The van der Waals surface area contributed by atoms with Gasteiger partial charge in [-0.1, -0.05) is 59.7 Å². The molecule has 3 heterocycles. The zero-order valence-corrected chi connectivity index (χ0v) is 29.3. The highest BCUT2D eigenvalue weighted by Gasteiger charge is 2.58. The zero-order valence-electron chi connectivity index (χ0n) is 28.3. The predicted molar refractivity (Wildman–Crippen MR) is 172 cm³/mol. The van der Waals surface area contributed by atoms with Crippen LogP contribution in [0, 0.1) is 11.3 Å². The smallest absolute Gasteiger partial charge is 0.338 e. The second-order valence-electron chi connectivity index (χ2n) is 14.1. The molecule has 0 saturated carbocycles. The fourth-order valence-electron chi connectivity index (χ4n) is 8.05. The number of Topliss-reactive ketones (excluding diaryl/α,β-unsaturated/α-hetero) is 1. The standard InChI is InChI=1S/C35H53NO8Si/c1-22(2)45(23(3)4,24(5)6)44-32(16-17-36)35(7)33(42-34(38)25-12-10-9-11-13-25)20-30-31(43-35)19-26(37)18-29-28(41-30)15-14-27(40-29)21-39-8/h9-13,22-24,27-33H,14-16,18-21H2,1-8H3/t27-,28+,29-,30-,31+,32+,33+,35-/m0/s1. The molecule has 0 bridgehead atoms. The number of fused-ring (bicyclic) bond motifs is 2. The van der Waals surface area contributed by atoms with Crippen molar-refractivity contribution < 1.29 is 37.7 Å². The molecule has 8 atom stereocenters. The van der Waals surface area contributed by atoms with Crippen LogP contribution in [0.3, 0.4) is 0 Å². The number of esters is 1. The average molecular weight is 644 g/mol. The number of rotatable bonds is 11. The summed E-state index contributed by atoms with van der Waals surface area (Å²) in [7, 11) is -0.855. The first-order chi connectivity index (χ1) is 21.3. The van der Waals surface area contributed by atoms with Gasteiger partial charge < -0.3 is 28.1 Å². The largest absolute Gasteiger partial charge is 0.455 e. The van der Waals surface area contributed by atoms with Crippen molar-refractivity contribution in [3.8, 4) is 6.07 Å². The lowest BCUT2D eigenvalue weighted by molar-refractivity contribution is -0.276. The van der Waals surface area contributed by atoms with Crippen molar-refractivity contribution in [3.05, 3.63) is 35.9 Å². The number of hydrogen-bond donors (Lipinski definition) is 0. The van der Waals surface area contributed by atoms with E-state index < -0.39 is 44.3 Å². The minimum atomic E-state index is -2.50. The van der Waals surface area contributed by atoms with E-state index >= 15 is 0 Å². The summed E-state index contributed by atoms with van der Waals surface area (Å²) < 4.78 is 38.8. The summed E-state index contributed by atoms with van der Waals surface area (Å²) in [6, 6.07) is 11.2. The van der Waals surface area contributed by atoms with Gasteiger partial charge in [0.05, 0.1) is 61.3 Å². The van der Waals surface area contributed by atoms with Crippen LogP contribution in [0.4, 0.5) is 0 Å². The highest BCUT2D eigenvalue weighted by Crippen LogP contribution is 2.48. The van der Waals surface area contributed by atoms with Crippen molar-refractivity contribution in [3.63, 3.8) is 0 Å². The Hall–Kier alpha value is -2.13. The number of methoxy groups -OCH3 is 1. The third kappa shape index (κ3) is 7.72. The van der Waals surface area contributed by atoms with Crippen LogP contribution < -0.4 is 0 Å². The van der Waals surface area contributed by atoms with Crippen molar-refractivity contribution in [1.82, 2.24) is 0 Å².